The van der Waals surface area contributed by atoms with Gasteiger partial charge < -0.3 is 9.84 Å². The Morgan fingerprint density at radius 3 is 2.75 bits per heavy atom. The summed E-state index contributed by atoms with van der Waals surface area (Å²) in [5, 5.41) is 9.47. The molecule has 4 nitrogen and oxygen atoms in total. The van der Waals surface area contributed by atoms with Crippen molar-refractivity contribution in [2.75, 3.05) is 7.11 Å². The van der Waals surface area contributed by atoms with Gasteiger partial charge in [0, 0.05) is 17.6 Å². The van der Waals surface area contributed by atoms with Crippen molar-refractivity contribution >= 4 is 17.6 Å². The summed E-state index contributed by atoms with van der Waals surface area (Å²) in [4.78, 5) is 14.6. The van der Waals surface area contributed by atoms with Crippen LogP contribution in [0, 0.1) is 0 Å². The van der Waals surface area contributed by atoms with Gasteiger partial charge in [0.2, 0.25) is 0 Å². The van der Waals surface area contributed by atoms with Gasteiger partial charge >= 0.3 is 5.97 Å². The number of nitrogens with zero attached hydrogens (tertiary/aromatic N) is 1. The minimum Gasteiger partial charge on any atom is -0.505 e. The van der Waals surface area contributed by atoms with E-state index in [1.807, 2.05) is 0 Å². The highest BCUT2D eigenvalue weighted by molar-refractivity contribution is 6.17. The number of alkyl halides is 3. The zero-order valence-corrected chi connectivity index (χ0v) is 8.96. The van der Waals surface area contributed by atoms with Crippen molar-refractivity contribution in [3.8, 4) is 5.75 Å². The van der Waals surface area contributed by atoms with E-state index in [2.05, 4.69) is 9.72 Å². The summed E-state index contributed by atoms with van der Waals surface area (Å²) in [5.41, 5.74) is -1.10. The van der Waals surface area contributed by atoms with Crippen LogP contribution in [0.15, 0.2) is 6.20 Å². The van der Waals surface area contributed by atoms with Gasteiger partial charge in [-0.15, -0.1) is 11.6 Å². The largest absolute Gasteiger partial charge is 0.505 e. The third kappa shape index (κ3) is 2.21. The molecule has 0 radical (unpaired) electrons. The van der Waals surface area contributed by atoms with Crippen LogP contribution in [0.5, 0.6) is 5.75 Å². The second-order valence-corrected chi connectivity index (χ2v) is 3.09. The van der Waals surface area contributed by atoms with Crippen molar-refractivity contribution in [1.29, 1.82) is 0 Å². The predicted octanol–water partition coefficient (Wildman–Crippen LogP) is 2.25. The molecule has 7 heteroatoms. The smallest absolute Gasteiger partial charge is 0.342 e. The summed E-state index contributed by atoms with van der Waals surface area (Å²) in [6.45, 7) is 0. The Hall–Kier alpha value is -1.43. The van der Waals surface area contributed by atoms with Crippen LogP contribution in [0.2, 0.25) is 0 Å². The molecule has 0 fully saturated rings. The van der Waals surface area contributed by atoms with E-state index in [0.29, 0.717) is 0 Å². The fraction of sp³-hybridized carbons (Fsp3) is 0.333. The van der Waals surface area contributed by atoms with Gasteiger partial charge in [0.15, 0.2) is 5.75 Å². The molecule has 1 rings (SSSR count). The number of ether oxygens (including phenoxy) is 1. The average Bonchev–Trinajstić information content (AvgIpc) is 2.26. The quantitative estimate of drug-likeness (QED) is 0.661. The third-order valence-electron chi connectivity index (χ3n) is 1.90. The molecule has 16 heavy (non-hydrogen) atoms. The van der Waals surface area contributed by atoms with E-state index in [1.165, 1.54) is 0 Å². The van der Waals surface area contributed by atoms with Crippen molar-refractivity contribution < 1.29 is 23.4 Å². The minimum absolute atomic E-state index is 0.135. The molecule has 0 unspecified atom stereocenters. The number of rotatable bonds is 3. The van der Waals surface area contributed by atoms with Crippen LogP contribution >= 0.6 is 11.6 Å². The highest BCUT2D eigenvalue weighted by Crippen LogP contribution is 2.32. The molecule has 1 N–H and O–H groups in total. The van der Waals surface area contributed by atoms with Crippen LogP contribution in [0.4, 0.5) is 8.78 Å². The summed E-state index contributed by atoms with van der Waals surface area (Å²) >= 11 is 5.49. The highest BCUT2D eigenvalue weighted by atomic mass is 35.5. The molecule has 0 amide bonds. The molecule has 1 aromatic heterocycles. The zero-order chi connectivity index (χ0) is 12.3. The minimum atomic E-state index is -2.98. The monoisotopic (exact) mass is 251 g/mol. The van der Waals surface area contributed by atoms with E-state index >= 15 is 0 Å². The Labute approximate surface area is 94.8 Å². The lowest BCUT2D eigenvalue weighted by atomic mass is 10.1. The number of hydrogen-bond donors (Lipinski definition) is 1. The van der Waals surface area contributed by atoms with Gasteiger partial charge in [-0.25, -0.2) is 13.6 Å². The number of hydrogen-bond acceptors (Lipinski definition) is 4. The van der Waals surface area contributed by atoms with Gasteiger partial charge in [0.05, 0.1) is 7.11 Å². The maximum absolute atomic E-state index is 12.4. The fourth-order valence-corrected chi connectivity index (χ4v) is 1.35. The van der Waals surface area contributed by atoms with Crippen LogP contribution < -0.4 is 0 Å². The van der Waals surface area contributed by atoms with Crippen molar-refractivity contribution in [2.24, 2.45) is 0 Å². The second-order valence-electron chi connectivity index (χ2n) is 2.82. The van der Waals surface area contributed by atoms with Crippen molar-refractivity contribution in [3.05, 3.63) is 23.0 Å². The summed E-state index contributed by atoms with van der Waals surface area (Å²) in [6.07, 6.45) is -1.96. The number of aromatic nitrogens is 1. The Balaban J connectivity index is 3.40. The standard InChI is InChI=1S/C9H8ClF2NO3/c1-16-9(15)5-4(2-10)3-13-6(7(5)14)8(11)12/h3,8,14H,2H2,1H3. The maximum Gasteiger partial charge on any atom is 0.342 e. The molecule has 0 atom stereocenters. The van der Waals surface area contributed by atoms with Crippen LogP contribution in [0.25, 0.3) is 0 Å². The van der Waals surface area contributed by atoms with Gasteiger partial charge in [-0.2, -0.15) is 0 Å². The number of pyridine rings is 1. The molecule has 0 aromatic carbocycles. The van der Waals surface area contributed by atoms with Crippen LogP contribution in [0.1, 0.15) is 28.0 Å². The van der Waals surface area contributed by atoms with E-state index in [9.17, 15) is 18.7 Å². The first-order valence-corrected chi connectivity index (χ1v) is 4.69. The summed E-state index contributed by atoms with van der Waals surface area (Å²) in [5.74, 6) is -1.97. The molecule has 1 aromatic rings. The molecule has 0 saturated carbocycles. The molecule has 0 bridgehead atoms. The summed E-state index contributed by atoms with van der Waals surface area (Å²) in [6, 6.07) is 0. The second kappa shape index (κ2) is 5.07. The normalized spacial score (nSPS) is 10.6. The number of aromatic hydroxyl groups is 1. The van der Waals surface area contributed by atoms with E-state index in [0.717, 1.165) is 13.3 Å². The molecular weight excluding hydrogens is 244 g/mol. The zero-order valence-electron chi connectivity index (χ0n) is 8.21. The first-order valence-electron chi connectivity index (χ1n) is 4.16. The summed E-state index contributed by atoms with van der Waals surface area (Å²) < 4.78 is 29.2. The molecule has 0 aliphatic carbocycles. The van der Waals surface area contributed by atoms with Crippen molar-refractivity contribution in [3.63, 3.8) is 0 Å². The molecule has 88 valence electrons. The maximum atomic E-state index is 12.4. The molecule has 0 aliphatic heterocycles. The van der Waals surface area contributed by atoms with E-state index < -0.39 is 23.8 Å². The first kappa shape index (κ1) is 12.6. The van der Waals surface area contributed by atoms with Crippen LogP contribution in [-0.4, -0.2) is 23.2 Å². The lowest BCUT2D eigenvalue weighted by Gasteiger charge is -2.10. The van der Waals surface area contributed by atoms with E-state index in [1.54, 1.807) is 0 Å². The third-order valence-corrected chi connectivity index (χ3v) is 2.19. The molecular formula is C9H8ClF2NO3. The molecule has 0 spiro atoms. The summed E-state index contributed by atoms with van der Waals surface area (Å²) in [7, 11) is 1.07. The lowest BCUT2D eigenvalue weighted by Crippen LogP contribution is -2.08. The first-order chi connectivity index (χ1) is 7.52. The Kier molecular flexibility index (Phi) is 4.00. The predicted molar refractivity (Wildman–Crippen MR) is 51.8 cm³/mol. The van der Waals surface area contributed by atoms with E-state index in [-0.39, 0.29) is 17.0 Å². The van der Waals surface area contributed by atoms with Crippen molar-refractivity contribution in [2.45, 2.75) is 12.3 Å². The Morgan fingerprint density at radius 2 is 2.31 bits per heavy atom. The fourth-order valence-electron chi connectivity index (χ4n) is 1.14. The van der Waals surface area contributed by atoms with Gasteiger partial charge in [-0.1, -0.05) is 0 Å². The topological polar surface area (TPSA) is 59.4 Å². The SMILES string of the molecule is COC(=O)c1c(CCl)cnc(C(F)F)c1O. The number of esters is 1. The number of methoxy groups -OCH3 is 1. The van der Waals surface area contributed by atoms with Gasteiger partial charge in [-0.05, 0) is 0 Å². The number of carbonyl (C=O) groups is 1. The number of halogens is 3. The molecule has 1 heterocycles. The number of carbonyl (C=O) groups excluding carboxylic acids is 1. The van der Waals surface area contributed by atoms with Gasteiger partial charge in [0.1, 0.15) is 11.3 Å². The van der Waals surface area contributed by atoms with Crippen LogP contribution in [0.3, 0.4) is 0 Å². The van der Waals surface area contributed by atoms with Crippen LogP contribution in [-0.2, 0) is 10.6 Å². The van der Waals surface area contributed by atoms with Gasteiger partial charge in [-0.3, -0.25) is 4.98 Å². The average molecular weight is 252 g/mol. The highest BCUT2D eigenvalue weighted by Gasteiger charge is 2.24. The Bertz CT molecular complexity index is 412. The molecule has 0 saturated heterocycles. The Morgan fingerprint density at radius 1 is 1.69 bits per heavy atom. The van der Waals surface area contributed by atoms with E-state index in [4.69, 9.17) is 11.6 Å². The lowest BCUT2D eigenvalue weighted by molar-refractivity contribution is 0.0595. The van der Waals surface area contributed by atoms with Crippen molar-refractivity contribution in [1.82, 2.24) is 4.98 Å². The van der Waals surface area contributed by atoms with Gasteiger partial charge in [0.25, 0.3) is 6.43 Å². The molecule has 0 aliphatic rings.